The second kappa shape index (κ2) is 4.41. The highest BCUT2D eigenvalue weighted by molar-refractivity contribution is 5.69. The largest absolute Gasteiger partial charge is 0.353 e. The van der Waals surface area contributed by atoms with Crippen molar-refractivity contribution in [1.29, 1.82) is 0 Å². The smallest absolute Gasteiger partial charge is 0.255 e. The Balaban J connectivity index is 2.35. The summed E-state index contributed by atoms with van der Waals surface area (Å²) in [5.41, 5.74) is 3.42. The Hall–Kier alpha value is -2.10. The van der Waals surface area contributed by atoms with E-state index in [1.54, 1.807) is 0 Å². The van der Waals surface area contributed by atoms with Crippen LogP contribution in [0, 0.1) is 10.1 Å². The van der Waals surface area contributed by atoms with Gasteiger partial charge in [0.15, 0.2) is 0 Å². The van der Waals surface area contributed by atoms with E-state index < -0.39 is 6.04 Å². The van der Waals surface area contributed by atoms with Crippen molar-refractivity contribution < 1.29 is 4.92 Å². The van der Waals surface area contributed by atoms with E-state index in [0.29, 0.717) is 12.1 Å². The van der Waals surface area contributed by atoms with Crippen LogP contribution in [0.1, 0.15) is 18.9 Å². The Bertz CT molecular complexity index is 491. The van der Waals surface area contributed by atoms with Gasteiger partial charge < -0.3 is 5.32 Å². The first-order valence-electron chi connectivity index (χ1n) is 5.44. The highest BCUT2D eigenvalue weighted by atomic mass is 16.6. The minimum absolute atomic E-state index is 0.291. The van der Waals surface area contributed by atoms with E-state index in [-0.39, 0.29) is 4.92 Å². The van der Waals surface area contributed by atoms with Gasteiger partial charge in [0.1, 0.15) is 0 Å². The molecule has 1 N–H and O–H groups in total. The molecule has 0 saturated heterocycles. The van der Waals surface area contributed by atoms with Crippen LogP contribution >= 0.6 is 0 Å². The maximum absolute atomic E-state index is 10.8. The highest BCUT2D eigenvalue weighted by Crippen LogP contribution is 2.27. The SMILES string of the molecule is C=C1NC(c2ccccc2)=C(C)CC1[N+](=O)[O-]. The zero-order valence-corrected chi connectivity index (χ0v) is 9.64. The van der Waals surface area contributed by atoms with Crippen molar-refractivity contribution in [3.8, 4) is 0 Å². The van der Waals surface area contributed by atoms with Gasteiger partial charge in [0.05, 0.1) is 5.70 Å². The molecule has 0 fully saturated rings. The summed E-state index contributed by atoms with van der Waals surface area (Å²) in [7, 11) is 0. The van der Waals surface area contributed by atoms with E-state index in [1.807, 2.05) is 37.3 Å². The summed E-state index contributed by atoms with van der Waals surface area (Å²) in [5.74, 6) is 0. The monoisotopic (exact) mass is 230 g/mol. The predicted octanol–water partition coefficient (Wildman–Crippen LogP) is 2.57. The normalized spacial score (nSPS) is 20.1. The zero-order chi connectivity index (χ0) is 12.4. The first-order valence-corrected chi connectivity index (χ1v) is 5.44. The molecule has 2 rings (SSSR count). The molecule has 0 bridgehead atoms. The number of hydrogen-bond acceptors (Lipinski definition) is 3. The summed E-state index contributed by atoms with van der Waals surface area (Å²) in [6.07, 6.45) is 0.420. The molecule has 4 heteroatoms. The fourth-order valence-corrected chi connectivity index (χ4v) is 1.99. The lowest BCUT2D eigenvalue weighted by Crippen LogP contribution is -2.34. The van der Waals surface area contributed by atoms with Crippen LogP contribution in [0.5, 0.6) is 0 Å². The molecule has 1 unspecified atom stereocenters. The van der Waals surface area contributed by atoms with Crippen LogP contribution in [0.25, 0.3) is 5.70 Å². The van der Waals surface area contributed by atoms with Gasteiger partial charge in [-0.2, -0.15) is 0 Å². The number of benzene rings is 1. The molecular formula is C13H14N2O2. The van der Waals surface area contributed by atoms with Crippen molar-refractivity contribution in [3.05, 3.63) is 63.9 Å². The van der Waals surface area contributed by atoms with E-state index in [4.69, 9.17) is 0 Å². The molecule has 0 spiro atoms. The third-order valence-electron chi connectivity index (χ3n) is 2.93. The van der Waals surface area contributed by atoms with Crippen molar-refractivity contribution in [2.24, 2.45) is 0 Å². The lowest BCUT2D eigenvalue weighted by molar-refractivity contribution is -0.512. The van der Waals surface area contributed by atoms with E-state index in [2.05, 4.69) is 11.9 Å². The van der Waals surface area contributed by atoms with Crippen molar-refractivity contribution in [2.45, 2.75) is 19.4 Å². The van der Waals surface area contributed by atoms with Gasteiger partial charge in [-0.1, -0.05) is 36.9 Å². The molecule has 0 radical (unpaired) electrons. The average Bonchev–Trinajstić information content (AvgIpc) is 2.32. The second-order valence-electron chi connectivity index (χ2n) is 4.18. The number of nitro groups is 1. The molecular weight excluding hydrogens is 216 g/mol. The maximum Gasteiger partial charge on any atom is 0.255 e. The summed E-state index contributed by atoms with van der Waals surface area (Å²) in [6.45, 7) is 5.66. The predicted molar refractivity (Wildman–Crippen MR) is 66.7 cm³/mol. The maximum atomic E-state index is 10.8. The molecule has 4 nitrogen and oxygen atoms in total. The minimum Gasteiger partial charge on any atom is -0.353 e. The van der Waals surface area contributed by atoms with Crippen LogP contribution in [0.3, 0.4) is 0 Å². The molecule has 88 valence electrons. The van der Waals surface area contributed by atoms with Crippen molar-refractivity contribution in [3.63, 3.8) is 0 Å². The Morgan fingerprint density at radius 1 is 1.41 bits per heavy atom. The minimum atomic E-state index is -0.720. The number of nitrogens with one attached hydrogen (secondary N) is 1. The van der Waals surface area contributed by atoms with Crippen LogP contribution in [-0.2, 0) is 0 Å². The lowest BCUT2D eigenvalue weighted by atomic mass is 9.95. The summed E-state index contributed by atoms with van der Waals surface area (Å²) in [6, 6.07) is 9.07. The Labute approximate surface area is 99.8 Å². The van der Waals surface area contributed by atoms with Crippen molar-refractivity contribution >= 4 is 5.70 Å². The summed E-state index contributed by atoms with van der Waals surface area (Å²) in [4.78, 5) is 10.5. The fraction of sp³-hybridized carbons (Fsp3) is 0.231. The first kappa shape index (κ1) is 11.4. The summed E-state index contributed by atoms with van der Waals surface area (Å²) in [5, 5.41) is 13.9. The Morgan fingerprint density at radius 2 is 2.06 bits per heavy atom. The van der Waals surface area contributed by atoms with Gasteiger partial charge in [0.2, 0.25) is 0 Å². The van der Waals surface area contributed by atoms with E-state index in [0.717, 1.165) is 16.8 Å². The van der Waals surface area contributed by atoms with Gasteiger partial charge in [-0.3, -0.25) is 10.1 Å². The summed E-state index contributed by atoms with van der Waals surface area (Å²) < 4.78 is 0. The molecule has 0 aromatic heterocycles. The molecule has 0 aliphatic carbocycles. The molecule has 0 amide bonds. The van der Waals surface area contributed by atoms with Gasteiger partial charge in [0, 0.05) is 17.0 Å². The van der Waals surface area contributed by atoms with Crippen LogP contribution in [0.4, 0.5) is 0 Å². The molecule has 17 heavy (non-hydrogen) atoms. The standard InChI is InChI=1S/C13H14N2O2/c1-9-8-12(15(16)17)10(2)14-13(9)11-6-4-3-5-7-11/h3-7,12,14H,2,8H2,1H3. The number of rotatable bonds is 2. The molecule has 1 aromatic rings. The van der Waals surface area contributed by atoms with Gasteiger partial charge >= 0.3 is 0 Å². The van der Waals surface area contributed by atoms with E-state index in [1.165, 1.54) is 0 Å². The van der Waals surface area contributed by atoms with Crippen LogP contribution in [0.2, 0.25) is 0 Å². The highest BCUT2D eigenvalue weighted by Gasteiger charge is 2.30. The fourth-order valence-electron chi connectivity index (χ4n) is 1.99. The van der Waals surface area contributed by atoms with Gasteiger partial charge in [-0.15, -0.1) is 0 Å². The quantitative estimate of drug-likeness (QED) is 0.627. The second-order valence-corrected chi connectivity index (χ2v) is 4.18. The third kappa shape index (κ3) is 2.20. The van der Waals surface area contributed by atoms with Gasteiger partial charge in [0.25, 0.3) is 6.04 Å². The van der Waals surface area contributed by atoms with Gasteiger partial charge in [-0.05, 0) is 18.1 Å². The molecule has 1 atom stereocenters. The van der Waals surface area contributed by atoms with Crippen molar-refractivity contribution in [1.82, 2.24) is 5.32 Å². The number of nitrogens with zero attached hydrogens (tertiary/aromatic N) is 1. The topological polar surface area (TPSA) is 55.2 Å². The molecule has 1 aliphatic heterocycles. The van der Waals surface area contributed by atoms with Crippen LogP contribution in [-0.4, -0.2) is 11.0 Å². The Morgan fingerprint density at radius 3 is 2.65 bits per heavy atom. The molecule has 1 heterocycles. The third-order valence-corrected chi connectivity index (χ3v) is 2.93. The summed E-state index contributed by atoms with van der Waals surface area (Å²) >= 11 is 0. The van der Waals surface area contributed by atoms with E-state index in [9.17, 15) is 10.1 Å². The lowest BCUT2D eigenvalue weighted by Gasteiger charge is -2.24. The zero-order valence-electron chi connectivity index (χ0n) is 9.64. The van der Waals surface area contributed by atoms with Gasteiger partial charge in [-0.25, -0.2) is 0 Å². The first-order chi connectivity index (χ1) is 8.09. The number of hydrogen-bond donors (Lipinski definition) is 1. The molecule has 1 aromatic carbocycles. The van der Waals surface area contributed by atoms with Crippen LogP contribution < -0.4 is 5.32 Å². The molecule has 1 aliphatic rings. The average molecular weight is 230 g/mol. The Kier molecular flexibility index (Phi) is 2.95. The van der Waals surface area contributed by atoms with Crippen LogP contribution in [0.15, 0.2) is 48.2 Å². The molecule has 0 saturated carbocycles. The van der Waals surface area contributed by atoms with E-state index >= 15 is 0 Å². The van der Waals surface area contributed by atoms with Crippen molar-refractivity contribution in [2.75, 3.05) is 0 Å².